The molecule has 5 heteroatoms. The fourth-order valence-electron chi connectivity index (χ4n) is 1.68. The molecule has 0 radical (unpaired) electrons. The summed E-state index contributed by atoms with van der Waals surface area (Å²) in [5.74, 6) is 5.69. The quantitative estimate of drug-likeness (QED) is 0.856. The van der Waals surface area contributed by atoms with E-state index >= 15 is 0 Å². The Morgan fingerprint density at radius 2 is 1.91 bits per heavy atom. The number of nitrogens with one attached hydrogen (secondary N) is 2. The lowest BCUT2D eigenvalue weighted by Crippen LogP contribution is -2.28. The second kappa shape index (κ2) is 7.70. The predicted octanol–water partition coefficient (Wildman–Crippen LogP) is 3.01. The summed E-state index contributed by atoms with van der Waals surface area (Å²) < 4.78 is 18.3. The van der Waals surface area contributed by atoms with Gasteiger partial charge in [0.2, 0.25) is 0 Å². The molecule has 0 saturated heterocycles. The van der Waals surface area contributed by atoms with Gasteiger partial charge in [-0.3, -0.25) is 0 Å². The third kappa shape index (κ3) is 4.53. The first-order valence-corrected chi connectivity index (χ1v) is 6.61. The van der Waals surface area contributed by atoms with Gasteiger partial charge in [0, 0.05) is 5.69 Å². The number of ether oxygens (including phenoxy) is 1. The topological polar surface area (TPSA) is 50.4 Å². The molecule has 0 bridgehead atoms. The molecule has 112 valence electrons. The zero-order valence-corrected chi connectivity index (χ0v) is 12.0. The molecule has 0 heterocycles. The molecule has 0 unspecified atom stereocenters. The number of rotatable bonds is 3. The number of benzene rings is 2. The third-order valence-electron chi connectivity index (χ3n) is 2.78. The summed E-state index contributed by atoms with van der Waals surface area (Å²) in [4.78, 5) is 11.6. The molecule has 22 heavy (non-hydrogen) atoms. The van der Waals surface area contributed by atoms with Crippen LogP contribution >= 0.6 is 0 Å². The van der Waals surface area contributed by atoms with Crippen LogP contribution in [0.2, 0.25) is 0 Å². The minimum atomic E-state index is -0.381. The molecule has 0 spiro atoms. The van der Waals surface area contributed by atoms with Crippen molar-refractivity contribution >= 4 is 11.7 Å². The molecule has 0 aliphatic heterocycles. The maximum atomic E-state index is 13.3. The number of urea groups is 1. The molecule has 2 aromatic carbocycles. The Labute approximate surface area is 128 Å². The van der Waals surface area contributed by atoms with Gasteiger partial charge in [-0.25, -0.2) is 9.18 Å². The van der Waals surface area contributed by atoms with Gasteiger partial charge >= 0.3 is 6.03 Å². The molecular formula is C17H15FN2O2. The van der Waals surface area contributed by atoms with Gasteiger partial charge in [-0.15, -0.1) is 0 Å². The first kappa shape index (κ1) is 15.4. The van der Waals surface area contributed by atoms with E-state index in [-0.39, 0.29) is 18.4 Å². The maximum absolute atomic E-state index is 13.3. The molecule has 0 fully saturated rings. The Morgan fingerprint density at radius 1 is 1.18 bits per heavy atom. The molecule has 2 rings (SSSR count). The van der Waals surface area contributed by atoms with E-state index in [0.29, 0.717) is 17.0 Å². The number of anilines is 1. The van der Waals surface area contributed by atoms with Crippen molar-refractivity contribution < 1.29 is 13.9 Å². The highest BCUT2D eigenvalue weighted by Gasteiger charge is 2.00. The minimum absolute atomic E-state index is 0.121. The lowest BCUT2D eigenvalue weighted by atomic mass is 10.2. The highest BCUT2D eigenvalue weighted by molar-refractivity contribution is 5.89. The molecule has 2 N–H and O–H groups in total. The SMILES string of the molecule is COc1ccc(NC(=O)NCC#Cc2ccccc2F)cc1. The van der Waals surface area contributed by atoms with E-state index in [1.165, 1.54) is 6.07 Å². The highest BCUT2D eigenvalue weighted by Crippen LogP contribution is 2.14. The Balaban J connectivity index is 1.82. The summed E-state index contributed by atoms with van der Waals surface area (Å²) in [7, 11) is 1.57. The largest absolute Gasteiger partial charge is 0.497 e. The van der Waals surface area contributed by atoms with Gasteiger partial charge in [0.25, 0.3) is 0 Å². The Kier molecular flexibility index (Phi) is 5.38. The van der Waals surface area contributed by atoms with Gasteiger partial charge in [0.05, 0.1) is 19.2 Å². The summed E-state index contributed by atoms with van der Waals surface area (Å²) in [5, 5.41) is 5.23. The summed E-state index contributed by atoms with van der Waals surface area (Å²) in [5.41, 5.74) is 0.945. The van der Waals surface area contributed by atoms with E-state index in [4.69, 9.17) is 4.74 Å². The number of hydrogen-bond acceptors (Lipinski definition) is 2. The standard InChI is InChI=1S/C17H15FN2O2/c1-22-15-10-8-14(9-11-15)20-17(21)19-12-4-6-13-5-2-3-7-16(13)18/h2-3,5,7-11H,12H2,1H3,(H2,19,20,21). The minimum Gasteiger partial charge on any atom is -0.497 e. The van der Waals surface area contributed by atoms with Gasteiger partial charge in [-0.05, 0) is 36.4 Å². The van der Waals surface area contributed by atoms with E-state index in [2.05, 4.69) is 22.5 Å². The van der Waals surface area contributed by atoms with Crippen molar-refractivity contribution in [2.24, 2.45) is 0 Å². The van der Waals surface area contributed by atoms with Crippen molar-refractivity contribution in [2.45, 2.75) is 0 Å². The summed E-state index contributed by atoms with van der Waals surface area (Å²) in [6.45, 7) is 0.121. The Bertz CT molecular complexity index is 703. The number of amides is 2. The van der Waals surface area contributed by atoms with Gasteiger partial charge in [0.1, 0.15) is 11.6 Å². The monoisotopic (exact) mass is 298 g/mol. The average Bonchev–Trinajstić information content (AvgIpc) is 2.54. The van der Waals surface area contributed by atoms with Crippen LogP contribution in [-0.2, 0) is 0 Å². The Morgan fingerprint density at radius 3 is 2.59 bits per heavy atom. The van der Waals surface area contributed by atoms with Crippen LogP contribution in [0.5, 0.6) is 5.75 Å². The molecule has 2 aromatic rings. The van der Waals surface area contributed by atoms with Crippen LogP contribution in [0, 0.1) is 17.7 Å². The number of carbonyl (C=O) groups excluding carboxylic acids is 1. The van der Waals surface area contributed by atoms with E-state index in [1.54, 1.807) is 49.6 Å². The highest BCUT2D eigenvalue weighted by atomic mass is 19.1. The van der Waals surface area contributed by atoms with Crippen molar-refractivity contribution in [3.63, 3.8) is 0 Å². The number of methoxy groups -OCH3 is 1. The third-order valence-corrected chi connectivity index (χ3v) is 2.78. The Hall–Kier alpha value is -3.00. The molecule has 2 amide bonds. The maximum Gasteiger partial charge on any atom is 0.319 e. The van der Waals surface area contributed by atoms with Crippen molar-refractivity contribution in [3.8, 4) is 17.6 Å². The average molecular weight is 298 g/mol. The van der Waals surface area contributed by atoms with Crippen molar-refractivity contribution in [3.05, 3.63) is 59.9 Å². The summed E-state index contributed by atoms with van der Waals surface area (Å²) in [6, 6.07) is 12.8. The molecule has 0 aliphatic carbocycles. The van der Waals surface area contributed by atoms with E-state index < -0.39 is 0 Å². The van der Waals surface area contributed by atoms with Gasteiger partial charge in [-0.2, -0.15) is 0 Å². The molecular weight excluding hydrogens is 283 g/mol. The van der Waals surface area contributed by atoms with Crippen LogP contribution < -0.4 is 15.4 Å². The van der Waals surface area contributed by atoms with Crippen molar-refractivity contribution in [1.82, 2.24) is 5.32 Å². The molecule has 4 nitrogen and oxygen atoms in total. The van der Waals surface area contributed by atoms with Crippen LogP contribution in [0.4, 0.5) is 14.9 Å². The summed E-state index contributed by atoms with van der Waals surface area (Å²) >= 11 is 0. The van der Waals surface area contributed by atoms with Crippen LogP contribution in [0.1, 0.15) is 5.56 Å². The van der Waals surface area contributed by atoms with E-state index in [1.807, 2.05) is 0 Å². The summed E-state index contributed by atoms with van der Waals surface area (Å²) in [6.07, 6.45) is 0. The molecule has 0 atom stereocenters. The fourth-order valence-corrected chi connectivity index (χ4v) is 1.68. The van der Waals surface area contributed by atoms with Crippen LogP contribution in [0.15, 0.2) is 48.5 Å². The van der Waals surface area contributed by atoms with Crippen molar-refractivity contribution in [1.29, 1.82) is 0 Å². The van der Waals surface area contributed by atoms with E-state index in [0.717, 1.165) is 0 Å². The normalized spacial score (nSPS) is 9.36. The zero-order valence-electron chi connectivity index (χ0n) is 12.0. The molecule has 0 aliphatic rings. The number of hydrogen-bond donors (Lipinski definition) is 2. The zero-order chi connectivity index (χ0) is 15.8. The lowest BCUT2D eigenvalue weighted by molar-refractivity contribution is 0.253. The van der Waals surface area contributed by atoms with Crippen LogP contribution in [0.25, 0.3) is 0 Å². The van der Waals surface area contributed by atoms with E-state index in [9.17, 15) is 9.18 Å². The van der Waals surface area contributed by atoms with Crippen LogP contribution in [0.3, 0.4) is 0 Å². The second-order valence-electron chi connectivity index (χ2n) is 4.32. The number of carbonyl (C=O) groups is 1. The van der Waals surface area contributed by atoms with Crippen molar-refractivity contribution in [2.75, 3.05) is 19.0 Å². The van der Waals surface area contributed by atoms with Gasteiger partial charge in [0.15, 0.2) is 0 Å². The first-order chi connectivity index (χ1) is 10.7. The second-order valence-corrected chi connectivity index (χ2v) is 4.32. The molecule has 0 saturated carbocycles. The first-order valence-electron chi connectivity index (χ1n) is 6.61. The lowest BCUT2D eigenvalue weighted by Gasteiger charge is -2.06. The fraction of sp³-hybridized carbons (Fsp3) is 0.118. The smallest absolute Gasteiger partial charge is 0.319 e. The number of halogens is 1. The van der Waals surface area contributed by atoms with Gasteiger partial charge < -0.3 is 15.4 Å². The predicted molar refractivity (Wildman–Crippen MR) is 83.3 cm³/mol. The van der Waals surface area contributed by atoms with Gasteiger partial charge in [-0.1, -0.05) is 24.0 Å². The molecule has 0 aromatic heterocycles. The van der Waals surface area contributed by atoms with Crippen LogP contribution in [-0.4, -0.2) is 19.7 Å².